The fraction of sp³-hybridized carbons (Fsp3) is 0.768. The van der Waals surface area contributed by atoms with Gasteiger partial charge < -0.3 is 18.9 Å². The van der Waals surface area contributed by atoms with Gasteiger partial charge in [-0.1, -0.05) is 202 Å². The predicted molar refractivity (Wildman–Crippen MR) is 279 cm³/mol. The van der Waals surface area contributed by atoms with Crippen LogP contribution in [0, 0.1) is 0 Å². The van der Waals surface area contributed by atoms with E-state index in [4.69, 9.17) is 18.5 Å². The third-order valence-electron chi connectivity index (χ3n) is 11.3. The Morgan fingerprint density at radius 1 is 0.492 bits per heavy atom. The van der Waals surface area contributed by atoms with Gasteiger partial charge in [0, 0.05) is 13.0 Å². The lowest BCUT2D eigenvalue weighted by Crippen LogP contribution is -2.37. The molecule has 0 saturated heterocycles. The molecular formula is C56H103NO7P+. The van der Waals surface area contributed by atoms with E-state index in [-0.39, 0.29) is 32.2 Å². The summed E-state index contributed by atoms with van der Waals surface area (Å²) in [5.74, 6) is -0.344. The second kappa shape index (κ2) is 48.4. The van der Waals surface area contributed by atoms with Gasteiger partial charge in [0.25, 0.3) is 0 Å². The molecule has 378 valence electrons. The van der Waals surface area contributed by atoms with E-state index in [0.717, 1.165) is 70.6 Å². The first kappa shape index (κ1) is 62.9. The summed E-state index contributed by atoms with van der Waals surface area (Å²) in [7, 11) is 1.64. The van der Waals surface area contributed by atoms with Gasteiger partial charge in [-0.25, -0.2) is 4.57 Å². The topological polar surface area (TPSA) is 91.3 Å². The number of hydrogen-bond donors (Lipinski definition) is 1. The number of nitrogens with zero attached hydrogens (tertiary/aromatic N) is 1. The zero-order valence-corrected chi connectivity index (χ0v) is 43.9. The van der Waals surface area contributed by atoms with Crippen LogP contribution in [-0.4, -0.2) is 75.6 Å². The minimum absolute atomic E-state index is 0.0790. The highest BCUT2D eigenvalue weighted by Crippen LogP contribution is 2.43. The van der Waals surface area contributed by atoms with Gasteiger partial charge in [0.1, 0.15) is 19.3 Å². The number of esters is 1. The number of quaternary nitrogens is 1. The number of unbranched alkanes of at least 4 members (excludes halogenated alkanes) is 23. The van der Waals surface area contributed by atoms with Crippen molar-refractivity contribution < 1.29 is 37.3 Å². The quantitative estimate of drug-likeness (QED) is 0.0214. The molecule has 0 radical (unpaired) electrons. The molecule has 9 heteroatoms. The average molecular weight is 933 g/mol. The molecule has 0 bridgehead atoms. The summed E-state index contributed by atoms with van der Waals surface area (Å²) < 4.78 is 35.1. The Balaban J connectivity index is 4.16. The number of carbonyl (C=O) groups excluding carboxylic acids is 1. The standard InChI is InChI=1S/C56H102NO7P/c1-6-8-10-12-14-16-18-20-22-24-26-27-28-29-30-32-34-36-38-40-42-44-46-48-51-61-53-55(54-63-65(59,60)62-52-50-57(3,4)5)64-56(58)49-47-45-43-41-39-37-35-33-31-25-23-21-19-17-15-13-11-9-7-2/h9,11,15,17,21,23-24,26,31,33,37,39,55H,6-8,10,12-14,16,18-20,22,25,27-30,32,34-36,38,40-54H2,1-5H3/p+1/b11-9-,17-15-,23-21-,26-24-,33-31-,39-37-. The molecule has 8 nitrogen and oxygen atoms in total. The van der Waals surface area contributed by atoms with Gasteiger partial charge in [-0.05, 0) is 83.5 Å². The van der Waals surface area contributed by atoms with Crippen LogP contribution < -0.4 is 0 Å². The molecule has 0 rings (SSSR count). The van der Waals surface area contributed by atoms with Crippen LogP contribution in [0.3, 0.4) is 0 Å². The minimum Gasteiger partial charge on any atom is -0.457 e. The number of phosphoric acid groups is 1. The van der Waals surface area contributed by atoms with E-state index in [0.29, 0.717) is 17.6 Å². The number of hydrogen-bond acceptors (Lipinski definition) is 6. The lowest BCUT2D eigenvalue weighted by atomic mass is 10.0. The lowest BCUT2D eigenvalue weighted by Gasteiger charge is -2.24. The van der Waals surface area contributed by atoms with Crippen molar-refractivity contribution in [2.24, 2.45) is 0 Å². The predicted octanol–water partition coefficient (Wildman–Crippen LogP) is 16.6. The first-order valence-electron chi connectivity index (χ1n) is 26.7. The summed E-state index contributed by atoms with van der Waals surface area (Å²) >= 11 is 0. The summed E-state index contributed by atoms with van der Waals surface area (Å²) in [6, 6.07) is 0. The molecule has 2 atom stereocenters. The van der Waals surface area contributed by atoms with Crippen molar-refractivity contribution in [2.75, 3.05) is 54.1 Å². The highest BCUT2D eigenvalue weighted by Gasteiger charge is 2.26. The Bertz CT molecular complexity index is 1270. The van der Waals surface area contributed by atoms with Crippen molar-refractivity contribution in [3.8, 4) is 0 Å². The van der Waals surface area contributed by atoms with Crippen molar-refractivity contribution in [3.63, 3.8) is 0 Å². The summed E-state index contributed by atoms with van der Waals surface area (Å²) in [5, 5.41) is 0. The summed E-state index contributed by atoms with van der Waals surface area (Å²) in [5.41, 5.74) is 0. The number of carbonyl (C=O) groups is 1. The molecule has 0 heterocycles. The van der Waals surface area contributed by atoms with Crippen molar-refractivity contribution in [1.82, 2.24) is 0 Å². The Hall–Kier alpha value is -2.06. The van der Waals surface area contributed by atoms with E-state index in [1.165, 1.54) is 128 Å². The van der Waals surface area contributed by atoms with Crippen molar-refractivity contribution in [3.05, 3.63) is 72.9 Å². The normalized spacial score (nSPS) is 14.1. The molecule has 0 aromatic rings. The molecule has 0 amide bonds. The van der Waals surface area contributed by atoms with Crippen molar-refractivity contribution in [1.29, 1.82) is 0 Å². The highest BCUT2D eigenvalue weighted by molar-refractivity contribution is 7.47. The molecule has 0 fully saturated rings. The fourth-order valence-electron chi connectivity index (χ4n) is 7.16. The molecule has 0 spiro atoms. The summed E-state index contributed by atoms with van der Waals surface area (Å²) in [6.45, 7) is 5.47. The Kier molecular flexibility index (Phi) is 46.9. The van der Waals surface area contributed by atoms with Crippen LogP contribution in [0.25, 0.3) is 0 Å². The molecule has 0 aliphatic rings. The Labute approximate surface area is 402 Å². The van der Waals surface area contributed by atoms with E-state index in [9.17, 15) is 14.3 Å². The minimum atomic E-state index is -4.30. The molecule has 0 saturated carbocycles. The second-order valence-electron chi connectivity index (χ2n) is 18.9. The molecule has 0 aromatic carbocycles. The van der Waals surface area contributed by atoms with Gasteiger partial charge >= 0.3 is 13.8 Å². The van der Waals surface area contributed by atoms with Gasteiger partial charge in [-0.3, -0.25) is 13.8 Å². The van der Waals surface area contributed by atoms with Gasteiger partial charge in [-0.2, -0.15) is 0 Å². The molecular weight excluding hydrogens is 830 g/mol. The van der Waals surface area contributed by atoms with E-state index >= 15 is 0 Å². The van der Waals surface area contributed by atoms with Crippen LogP contribution in [-0.2, 0) is 27.9 Å². The molecule has 0 aromatic heterocycles. The fourth-order valence-corrected chi connectivity index (χ4v) is 7.90. The number of ether oxygens (including phenoxy) is 2. The van der Waals surface area contributed by atoms with Gasteiger partial charge in [0.15, 0.2) is 0 Å². The number of allylic oxidation sites excluding steroid dienone is 12. The van der Waals surface area contributed by atoms with Gasteiger partial charge in [-0.15, -0.1) is 0 Å². The summed E-state index contributed by atoms with van der Waals surface area (Å²) in [6.07, 6.45) is 63.9. The van der Waals surface area contributed by atoms with E-state index in [1.54, 1.807) is 0 Å². The van der Waals surface area contributed by atoms with E-state index < -0.39 is 13.9 Å². The van der Waals surface area contributed by atoms with Crippen LogP contribution in [0.2, 0.25) is 0 Å². The molecule has 65 heavy (non-hydrogen) atoms. The third-order valence-corrected chi connectivity index (χ3v) is 12.2. The van der Waals surface area contributed by atoms with Crippen LogP contribution in [0.4, 0.5) is 0 Å². The van der Waals surface area contributed by atoms with Crippen LogP contribution in [0.5, 0.6) is 0 Å². The van der Waals surface area contributed by atoms with E-state index in [1.807, 2.05) is 21.1 Å². The average Bonchev–Trinajstić information content (AvgIpc) is 3.27. The molecule has 2 unspecified atom stereocenters. The van der Waals surface area contributed by atoms with Gasteiger partial charge in [0.05, 0.1) is 34.4 Å². The monoisotopic (exact) mass is 933 g/mol. The maximum atomic E-state index is 12.8. The maximum Gasteiger partial charge on any atom is 0.472 e. The zero-order valence-electron chi connectivity index (χ0n) is 43.0. The SMILES string of the molecule is CC/C=C\C/C=C\C/C=C\C/C=C\C/C=C\CCCCCC(=O)OC(COCCCCCCCCCCCCCC/C=C\CCCCCCCCCC)COP(=O)(O)OCC[N+](C)(C)C. The zero-order chi connectivity index (χ0) is 47.6. The van der Waals surface area contributed by atoms with Crippen LogP contribution >= 0.6 is 7.82 Å². The van der Waals surface area contributed by atoms with Crippen molar-refractivity contribution in [2.45, 2.75) is 225 Å². The Morgan fingerprint density at radius 2 is 0.892 bits per heavy atom. The smallest absolute Gasteiger partial charge is 0.457 e. The number of phosphoric ester groups is 1. The highest BCUT2D eigenvalue weighted by atomic mass is 31.2. The van der Waals surface area contributed by atoms with Gasteiger partial charge in [0.2, 0.25) is 0 Å². The first-order chi connectivity index (χ1) is 31.6. The molecule has 0 aliphatic carbocycles. The first-order valence-corrected chi connectivity index (χ1v) is 28.2. The maximum absolute atomic E-state index is 12.8. The summed E-state index contributed by atoms with van der Waals surface area (Å²) in [4.78, 5) is 23.0. The second-order valence-corrected chi connectivity index (χ2v) is 20.3. The molecule has 0 aliphatic heterocycles. The number of likely N-dealkylation sites (N-methyl/N-ethyl adjacent to an activating group) is 1. The largest absolute Gasteiger partial charge is 0.472 e. The Morgan fingerprint density at radius 3 is 1.35 bits per heavy atom. The third kappa shape index (κ3) is 52.8. The molecule has 1 N–H and O–H groups in total. The van der Waals surface area contributed by atoms with Crippen LogP contribution in [0.1, 0.15) is 219 Å². The number of rotatable bonds is 49. The lowest BCUT2D eigenvalue weighted by molar-refractivity contribution is -0.870. The van der Waals surface area contributed by atoms with E-state index in [2.05, 4.69) is 86.8 Å². The van der Waals surface area contributed by atoms with Crippen molar-refractivity contribution >= 4 is 13.8 Å². The van der Waals surface area contributed by atoms with Crippen LogP contribution in [0.15, 0.2) is 72.9 Å².